The lowest BCUT2D eigenvalue weighted by Gasteiger charge is -2.37. The van der Waals surface area contributed by atoms with Gasteiger partial charge in [0, 0.05) is 6.61 Å². The van der Waals surface area contributed by atoms with Gasteiger partial charge < -0.3 is 19.0 Å². The molecule has 1 fully saturated rings. The molecule has 4 nitrogen and oxygen atoms in total. The standard InChI is InChI=1S/C17H32O4Si/c1-16(2,3)22(5,6)21-14-17(4,18)11-9-13-20-15-10-7-8-12-19-15/h15,18H,7-8,10,12-14H2,1-6H3. The average molecular weight is 329 g/mol. The monoisotopic (exact) mass is 328 g/mol. The Morgan fingerprint density at radius 3 is 2.45 bits per heavy atom. The lowest BCUT2D eigenvalue weighted by atomic mass is 10.1. The third-order valence-electron chi connectivity index (χ3n) is 4.36. The summed E-state index contributed by atoms with van der Waals surface area (Å²) in [6, 6.07) is 0. The lowest BCUT2D eigenvalue weighted by molar-refractivity contribution is -0.154. The van der Waals surface area contributed by atoms with Crippen LogP contribution in [-0.4, -0.2) is 45.1 Å². The van der Waals surface area contributed by atoms with Gasteiger partial charge in [-0.05, 0) is 44.3 Å². The van der Waals surface area contributed by atoms with Crippen molar-refractivity contribution in [1.82, 2.24) is 0 Å². The number of aliphatic hydroxyl groups is 1. The summed E-state index contributed by atoms with van der Waals surface area (Å²) in [5.41, 5.74) is -1.15. The van der Waals surface area contributed by atoms with Gasteiger partial charge in [-0.15, -0.1) is 0 Å². The van der Waals surface area contributed by atoms with Crippen molar-refractivity contribution >= 4 is 8.32 Å². The first-order chi connectivity index (χ1) is 10.0. The molecule has 0 spiro atoms. The summed E-state index contributed by atoms with van der Waals surface area (Å²) in [6.45, 7) is 13.8. The van der Waals surface area contributed by atoms with Crippen LogP contribution in [0.4, 0.5) is 0 Å². The van der Waals surface area contributed by atoms with Gasteiger partial charge in [0.25, 0.3) is 0 Å². The molecule has 0 saturated carbocycles. The zero-order valence-electron chi connectivity index (χ0n) is 15.0. The second-order valence-electron chi connectivity index (χ2n) is 7.73. The first-order valence-electron chi connectivity index (χ1n) is 8.13. The molecule has 2 atom stereocenters. The van der Waals surface area contributed by atoms with E-state index in [9.17, 15) is 5.11 Å². The molecule has 0 bridgehead atoms. The van der Waals surface area contributed by atoms with E-state index in [1.165, 1.54) is 0 Å². The summed E-state index contributed by atoms with van der Waals surface area (Å²) in [5, 5.41) is 10.4. The highest BCUT2D eigenvalue weighted by atomic mass is 28.4. The average Bonchev–Trinajstić information content (AvgIpc) is 2.42. The third-order valence-corrected chi connectivity index (χ3v) is 8.84. The maximum absolute atomic E-state index is 10.3. The highest BCUT2D eigenvalue weighted by molar-refractivity contribution is 6.74. The van der Waals surface area contributed by atoms with Crippen molar-refractivity contribution in [3.63, 3.8) is 0 Å². The Balaban J connectivity index is 2.38. The molecule has 1 N–H and O–H groups in total. The van der Waals surface area contributed by atoms with E-state index in [4.69, 9.17) is 13.9 Å². The highest BCUT2D eigenvalue weighted by Gasteiger charge is 2.38. The molecule has 1 rings (SSSR count). The van der Waals surface area contributed by atoms with Gasteiger partial charge in [-0.1, -0.05) is 32.6 Å². The first kappa shape index (κ1) is 19.7. The minimum Gasteiger partial charge on any atom is -0.413 e. The van der Waals surface area contributed by atoms with Crippen LogP contribution in [-0.2, 0) is 13.9 Å². The van der Waals surface area contributed by atoms with Gasteiger partial charge >= 0.3 is 0 Å². The fourth-order valence-corrected chi connectivity index (χ4v) is 2.85. The van der Waals surface area contributed by atoms with Crippen LogP contribution in [0, 0.1) is 11.8 Å². The summed E-state index contributed by atoms with van der Waals surface area (Å²) >= 11 is 0. The first-order valence-corrected chi connectivity index (χ1v) is 11.0. The van der Waals surface area contributed by atoms with Crippen LogP contribution in [0.1, 0.15) is 47.0 Å². The predicted octanol–water partition coefficient (Wildman–Crippen LogP) is 3.31. The Morgan fingerprint density at radius 1 is 1.23 bits per heavy atom. The molecule has 22 heavy (non-hydrogen) atoms. The van der Waals surface area contributed by atoms with E-state index in [0.29, 0.717) is 0 Å². The van der Waals surface area contributed by atoms with Crippen LogP contribution in [0.2, 0.25) is 18.1 Å². The molecule has 128 valence electrons. The number of rotatable bonds is 5. The minimum absolute atomic E-state index is 0.123. The maximum atomic E-state index is 10.3. The van der Waals surface area contributed by atoms with Crippen molar-refractivity contribution in [3.8, 4) is 11.8 Å². The Kier molecular flexibility index (Phi) is 7.09. The van der Waals surface area contributed by atoms with Gasteiger partial charge in [0.05, 0.1) is 6.61 Å². The van der Waals surface area contributed by atoms with Gasteiger partial charge in [-0.3, -0.25) is 0 Å². The van der Waals surface area contributed by atoms with Gasteiger partial charge in [-0.2, -0.15) is 0 Å². The Bertz CT molecular complexity index is 395. The summed E-state index contributed by atoms with van der Waals surface area (Å²) in [4.78, 5) is 0. The molecule has 1 saturated heterocycles. The molecule has 0 amide bonds. The molecule has 0 aromatic rings. The lowest BCUT2D eigenvalue weighted by Crippen LogP contribution is -2.45. The van der Waals surface area contributed by atoms with Crippen LogP contribution >= 0.6 is 0 Å². The van der Waals surface area contributed by atoms with Crippen LogP contribution in [0.5, 0.6) is 0 Å². The van der Waals surface area contributed by atoms with E-state index in [1.54, 1.807) is 6.92 Å². The summed E-state index contributed by atoms with van der Waals surface area (Å²) in [7, 11) is -1.87. The van der Waals surface area contributed by atoms with Crippen LogP contribution in [0.3, 0.4) is 0 Å². The molecule has 1 heterocycles. The molecule has 0 radical (unpaired) electrons. The van der Waals surface area contributed by atoms with Gasteiger partial charge in [0.15, 0.2) is 14.6 Å². The highest BCUT2D eigenvalue weighted by Crippen LogP contribution is 2.36. The van der Waals surface area contributed by atoms with Crippen molar-refractivity contribution in [2.24, 2.45) is 0 Å². The van der Waals surface area contributed by atoms with Crippen molar-refractivity contribution in [2.75, 3.05) is 19.8 Å². The van der Waals surface area contributed by atoms with E-state index < -0.39 is 13.9 Å². The molecule has 1 aliphatic rings. The van der Waals surface area contributed by atoms with Gasteiger partial charge in [-0.25, -0.2) is 0 Å². The summed E-state index contributed by atoms with van der Waals surface area (Å²) in [5.74, 6) is 5.73. The van der Waals surface area contributed by atoms with Crippen LogP contribution in [0.25, 0.3) is 0 Å². The zero-order chi connectivity index (χ0) is 16.9. The Hall–Kier alpha value is -0.383. The van der Waals surface area contributed by atoms with E-state index in [0.717, 1.165) is 25.9 Å². The van der Waals surface area contributed by atoms with Crippen molar-refractivity contribution in [2.45, 2.75) is 77.0 Å². The van der Waals surface area contributed by atoms with Crippen molar-refractivity contribution < 1.29 is 19.0 Å². The van der Waals surface area contributed by atoms with E-state index in [1.807, 2.05) is 0 Å². The summed E-state index contributed by atoms with van der Waals surface area (Å²) < 4.78 is 17.0. The van der Waals surface area contributed by atoms with E-state index >= 15 is 0 Å². The maximum Gasteiger partial charge on any atom is 0.192 e. The van der Waals surface area contributed by atoms with Gasteiger partial charge in [0.1, 0.15) is 12.2 Å². The quantitative estimate of drug-likeness (QED) is 0.621. The topological polar surface area (TPSA) is 47.9 Å². The van der Waals surface area contributed by atoms with Crippen molar-refractivity contribution in [3.05, 3.63) is 0 Å². The van der Waals surface area contributed by atoms with Crippen LogP contribution in [0.15, 0.2) is 0 Å². The molecule has 5 heteroatoms. The fraction of sp³-hybridized carbons (Fsp3) is 0.882. The summed E-state index contributed by atoms with van der Waals surface area (Å²) in [6.07, 6.45) is 3.02. The normalized spacial score (nSPS) is 22.6. The number of hydrogen-bond donors (Lipinski definition) is 1. The molecular formula is C17H32O4Si. The molecule has 0 aromatic heterocycles. The largest absolute Gasteiger partial charge is 0.413 e. The Labute approximate surface area is 136 Å². The molecule has 0 aliphatic carbocycles. The van der Waals surface area contributed by atoms with Crippen LogP contribution < -0.4 is 0 Å². The SMILES string of the molecule is CC(O)(C#CCOC1CCCCO1)CO[Si](C)(C)C(C)(C)C. The second-order valence-corrected chi connectivity index (χ2v) is 12.5. The molecule has 0 aromatic carbocycles. The number of hydrogen-bond acceptors (Lipinski definition) is 4. The zero-order valence-corrected chi connectivity index (χ0v) is 16.0. The Morgan fingerprint density at radius 2 is 1.91 bits per heavy atom. The second kappa shape index (κ2) is 7.94. The smallest absolute Gasteiger partial charge is 0.192 e. The fourth-order valence-electron chi connectivity index (χ4n) is 1.78. The van der Waals surface area contributed by atoms with Gasteiger partial charge in [0.2, 0.25) is 0 Å². The molecule has 1 aliphatic heterocycles. The molecular weight excluding hydrogens is 296 g/mol. The van der Waals surface area contributed by atoms with E-state index in [-0.39, 0.29) is 24.5 Å². The predicted molar refractivity (Wildman–Crippen MR) is 91.1 cm³/mol. The number of ether oxygens (including phenoxy) is 2. The van der Waals surface area contributed by atoms with Crippen molar-refractivity contribution in [1.29, 1.82) is 0 Å². The minimum atomic E-state index is -1.87. The molecule has 2 unspecified atom stereocenters. The third kappa shape index (κ3) is 6.80. The van der Waals surface area contributed by atoms with E-state index in [2.05, 4.69) is 45.7 Å².